The van der Waals surface area contributed by atoms with Crippen LogP contribution in [0.2, 0.25) is 5.02 Å². The molecule has 1 saturated heterocycles. The van der Waals surface area contributed by atoms with Crippen LogP contribution >= 0.6 is 11.6 Å². The molecule has 2 aliphatic rings. The summed E-state index contributed by atoms with van der Waals surface area (Å²) in [6, 6.07) is 9.56. The molecule has 0 bridgehead atoms. The first-order valence-corrected chi connectivity index (χ1v) is 12.4. The highest BCUT2D eigenvalue weighted by Gasteiger charge is 2.25. The second-order valence-corrected chi connectivity index (χ2v) is 9.33. The van der Waals surface area contributed by atoms with Gasteiger partial charge in [0, 0.05) is 68.5 Å². The van der Waals surface area contributed by atoms with Gasteiger partial charge in [-0.25, -0.2) is 19.7 Å². The van der Waals surface area contributed by atoms with E-state index in [1.165, 1.54) is 0 Å². The van der Waals surface area contributed by atoms with Gasteiger partial charge in [0.05, 0.1) is 10.9 Å². The van der Waals surface area contributed by atoms with E-state index in [1.807, 2.05) is 42.6 Å². The van der Waals surface area contributed by atoms with Crippen molar-refractivity contribution in [3.8, 4) is 0 Å². The minimum Gasteiger partial charge on any atom is -0.449 e. The van der Waals surface area contributed by atoms with Crippen LogP contribution in [0.5, 0.6) is 0 Å². The fourth-order valence-electron chi connectivity index (χ4n) is 4.27. The van der Waals surface area contributed by atoms with Crippen molar-refractivity contribution in [3.05, 3.63) is 65.6 Å². The predicted molar refractivity (Wildman–Crippen MR) is 142 cm³/mol. The Morgan fingerprint density at radius 2 is 2.00 bits per heavy atom. The number of benzene rings is 1. The summed E-state index contributed by atoms with van der Waals surface area (Å²) >= 11 is 6.25. The van der Waals surface area contributed by atoms with Gasteiger partial charge in [-0.1, -0.05) is 42.8 Å². The van der Waals surface area contributed by atoms with Crippen molar-refractivity contribution in [1.82, 2.24) is 19.9 Å². The van der Waals surface area contributed by atoms with Crippen LogP contribution in [0.1, 0.15) is 12.5 Å². The number of hydrogen-bond acceptors (Lipinski definition) is 8. The number of halogens is 1. The number of hydrogen-bond donors (Lipinski definition) is 1. The number of aromatic nitrogens is 3. The van der Waals surface area contributed by atoms with Crippen molar-refractivity contribution in [3.63, 3.8) is 0 Å². The molecule has 2 aromatic heterocycles. The van der Waals surface area contributed by atoms with Crippen molar-refractivity contribution in [2.75, 3.05) is 43.0 Å². The van der Waals surface area contributed by atoms with Crippen molar-refractivity contribution in [2.45, 2.75) is 13.5 Å². The minimum absolute atomic E-state index is 0.115. The Morgan fingerprint density at radius 3 is 2.81 bits per heavy atom. The van der Waals surface area contributed by atoms with Gasteiger partial charge in [0.1, 0.15) is 12.4 Å². The van der Waals surface area contributed by atoms with Gasteiger partial charge < -0.3 is 19.9 Å². The van der Waals surface area contributed by atoms with Crippen LogP contribution in [0, 0.1) is 11.8 Å². The lowest BCUT2D eigenvalue weighted by Gasteiger charge is -2.35. The quantitative estimate of drug-likeness (QED) is 0.530. The molecule has 3 aromatic rings. The molecule has 2 atom stereocenters. The van der Waals surface area contributed by atoms with Crippen LogP contribution in [0.15, 0.2) is 60.0 Å². The molecular formula is C26H28ClN7O2. The summed E-state index contributed by atoms with van der Waals surface area (Å²) in [4.78, 5) is 34.4. The van der Waals surface area contributed by atoms with E-state index >= 15 is 0 Å². The zero-order valence-electron chi connectivity index (χ0n) is 20.0. The molecule has 2 aliphatic heterocycles. The monoisotopic (exact) mass is 505 g/mol. The van der Waals surface area contributed by atoms with Gasteiger partial charge in [-0.05, 0) is 23.6 Å². The molecule has 1 amide bonds. The zero-order valence-corrected chi connectivity index (χ0v) is 20.8. The molecule has 0 radical (unpaired) electrons. The van der Waals surface area contributed by atoms with Crippen LogP contribution in [-0.4, -0.2) is 64.9 Å². The fraction of sp³-hybridized carbons (Fsp3) is 0.346. The van der Waals surface area contributed by atoms with Gasteiger partial charge in [0.15, 0.2) is 0 Å². The van der Waals surface area contributed by atoms with Crippen LogP contribution < -0.4 is 10.2 Å². The molecular weight excluding hydrogens is 478 g/mol. The Morgan fingerprint density at radius 1 is 1.17 bits per heavy atom. The van der Waals surface area contributed by atoms with E-state index in [4.69, 9.17) is 16.3 Å². The predicted octanol–water partition coefficient (Wildman–Crippen LogP) is 4.40. The van der Waals surface area contributed by atoms with Crippen molar-refractivity contribution >= 4 is 46.6 Å². The second-order valence-electron chi connectivity index (χ2n) is 8.92. The summed E-state index contributed by atoms with van der Waals surface area (Å²) in [5.74, 6) is 1.76. The highest BCUT2D eigenvalue weighted by molar-refractivity contribution is 6.31. The molecule has 1 aromatic carbocycles. The van der Waals surface area contributed by atoms with Crippen LogP contribution in [-0.2, 0) is 11.3 Å². The molecule has 0 spiro atoms. The third kappa shape index (κ3) is 5.41. The third-order valence-corrected chi connectivity index (χ3v) is 6.92. The number of rotatable bonds is 6. The number of ether oxygens (including phenoxy) is 1. The Kier molecular flexibility index (Phi) is 7.27. The number of anilines is 2. The average molecular weight is 506 g/mol. The maximum absolute atomic E-state index is 12.6. The number of pyridine rings is 1. The topological polar surface area (TPSA) is 95.8 Å². The maximum Gasteiger partial charge on any atom is 0.409 e. The number of aliphatic imine (C=N–C) groups is 1. The van der Waals surface area contributed by atoms with Crippen molar-refractivity contribution < 1.29 is 9.53 Å². The van der Waals surface area contributed by atoms with E-state index in [0.717, 1.165) is 22.3 Å². The van der Waals surface area contributed by atoms with E-state index in [-0.39, 0.29) is 12.0 Å². The molecule has 4 heterocycles. The molecule has 1 fully saturated rings. The highest BCUT2D eigenvalue weighted by atomic mass is 35.5. The van der Waals surface area contributed by atoms with Crippen LogP contribution in [0.4, 0.5) is 16.6 Å². The number of carbonyl (C=O) groups is 1. The number of carbonyl (C=O) groups excluding carboxylic acids is 1. The smallest absolute Gasteiger partial charge is 0.409 e. The molecule has 0 aliphatic carbocycles. The second kappa shape index (κ2) is 10.9. The first kappa shape index (κ1) is 24.0. The molecule has 2 unspecified atom stereocenters. The standard InChI is InChI=1S/C26H28ClN7O2/c1-18-6-8-28-14-20(18)17-36-26(35)34-12-10-33(11-13-34)24-21-16-31-25(32-23(21)7-9-29-24)30-15-19-4-2-3-5-22(19)27/h2-9,14,16,18,20H,10-13,15,17H2,1H3,(H,30,31,32). The lowest BCUT2D eigenvalue weighted by Crippen LogP contribution is -2.49. The SMILES string of the molecule is CC1C=CN=CC1COC(=O)N1CCN(c2nccc3nc(NCc4ccccc4Cl)ncc23)CC1. The lowest BCUT2D eigenvalue weighted by molar-refractivity contribution is 0.0900. The number of piperazine rings is 1. The normalized spacial score (nSPS) is 19.5. The van der Waals surface area contributed by atoms with Gasteiger partial charge in [0.25, 0.3) is 0 Å². The Hall–Kier alpha value is -3.72. The van der Waals surface area contributed by atoms with E-state index in [9.17, 15) is 4.79 Å². The maximum atomic E-state index is 12.6. The zero-order chi connectivity index (χ0) is 24.9. The number of amides is 1. The average Bonchev–Trinajstić information content (AvgIpc) is 2.91. The van der Waals surface area contributed by atoms with Crippen molar-refractivity contribution in [1.29, 1.82) is 0 Å². The Bertz CT molecular complexity index is 1290. The first-order chi connectivity index (χ1) is 17.6. The van der Waals surface area contributed by atoms with Gasteiger partial charge in [0.2, 0.25) is 5.95 Å². The number of nitrogens with one attached hydrogen (secondary N) is 1. The van der Waals surface area contributed by atoms with Gasteiger partial charge >= 0.3 is 6.09 Å². The Labute approximate surface area is 214 Å². The molecule has 10 heteroatoms. The summed E-state index contributed by atoms with van der Waals surface area (Å²) in [5, 5.41) is 4.81. The Balaban J connectivity index is 1.19. The van der Waals surface area contributed by atoms with Crippen LogP contribution in [0.3, 0.4) is 0 Å². The largest absolute Gasteiger partial charge is 0.449 e. The summed E-state index contributed by atoms with van der Waals surface area (Å²) in [6.45, 7) is 5.38. The molecule has 1 N–H and O–H groups in total. The van der Waals surface area contributed by atoms with E-state index in [0.29, 0.717) is 56.2 Å². The molecule has 5 rings (SSSR count). The van der Waals surface area contributed by atoms with E-state index in [2.05, 4.69) is 37.1 Å². The molecule has 186 valence electrons. The summed E-state index contributed by atoms with van der Waals surface area (Å²) in [7, 11) is 0. The number of nitrogens with zero attached hydrogens (tertiary/aromatic N) is 6. The summed E-state index contributed by atoms with van der Waals surface area (Å²) in [5.41, 5.74) is 1.78. The van der Waals surface area contributed by atoms with E-state index in [1.54, 1.807) is 23.5 Å². The van der Waals surface area contributed by atoms with Crippen LogP contribution in [0.25, 0.3) is 10.9 Å². The highest BCUT2D eigenvalue weighted by Crippen LogP contribution is 2.25. The van der Waals surface area contributed by atoms with E-state index < -0.39 is 0 Å². The molecule has 0 saturated carbocycles. The van der Waals surface area contributed by atoms with Gasteiger partial charge in [-0.2, -0.15) is 0 Å². The number of fused-ring (bicyclic) bond motifs is 1. The van der Waals surface area contributed by atoms with Crippen molar-refractivity contribution in [2.24, 2.45) is 16.8 Å². The number of allylic oxidation sites excluding steroid dienone is 1. The summed E-state index contributed by atoms with van der Waals surface area (Å²) in [6.07, 6.45) is 8.92. The molecule has 36 heavy (non-hydrogen) atoms. The lowest BCUT2D eigenvalue weighted by atomic mass is 9.95. The summed E-state index contributed by atoms with van der Waals surface area (Å²) < 4.78 is 5.57. The van der Waals surface area contributed by atoms with Gasteiger partial charge in [-0.15, -0.1) is 0 Å². The third-order valence-electron chi connectivity index (χ3n) is 6.55. The molecule has 9 nitrogen and oxygen atoms in total. The van der Waals surface area contributed by atoms with Gasteiger partial charge in [-0.3, -0.25) is 4.99 Å². The minimum atomic E-state index is -0.284. The first-order valence-electron chi connectivity index (χ1n) is 12.0. The fourth-order valence-corrected chi connectivity index (χ4v) is 4.48.